The molecule has 1 saturated heterocycles. The maximum absolute atomic E-state index is 14.7. The van der Waals surface area contributed by atoms with E-state index in [1.165, 1.54) is 6.07 Å². The molecular formula is C29H23ClFN5O2. The molecule has 1 N–H and O–H groups in total. The van der Waals surface area contributed by atoms with Crippen LogP contribution in [0.3, 0.4) is 0 Å². The molecule has 38 heavy (non-hydrogen) atoms. The molecule has 2 aliphatic rings. The maximum atomic E-state index is 14.7. The Kier molecular flexibility index (Phi) is 6.57. The molecule has 190 valence electrons. The summed E-state index contributed by atoms with van der Waals surface area (Å²) in [5, 5.41) is 3.75. The number of morpholine rings is 1. The topological polar surface area (TPSA) is 79.7 Å². The molecule has 0 saturated carbocycles. The molecule has 0 bridgehead atoms. The summed E-state index contributed by atoms with van der Waals surface area (Å²) in [5.74, 6) is 0.0282. The fourth-order valence-corrected chi connectivity index (χ4v) is 4.81. The Balaban J connectivity index is 1.30. The number of aliphatic imine (C=N–C) groups is 1. The zero-order chi connectivity index (χ0) is 26.1. The predicted octanol–water partition coefficient (Wildman–Crippen LogP) is 5.50. The molecule has 4 aromatic rings. The van der Waals surface area contributed by atoms with Gasteiger partial charge in [-0.05, 0) is 48.5 Å². The number of ether oxygens (including phenoxy) is 1. The van der Waals surface area contributed by atoms with Crippen molar-refractivity contribution in [3.8, 4) is 11.3 Å². The zero-order valence-electron chi connectivity index (χ0n) is 20.3. The normalized spacial score (nSPS) is 14.7. The second-order valence-electron chi connectivity index (χ2n) is 9.01. The number of benzene rings is 3. The van der Waals surface area contributed by atoms with E-state index in [0.717, 1.165) is 16.8 Å². The Morgan fingerprint density at radius 2 is 1.76 bits per heavy atom. The number of amides is 1. The predicted molar refractivity (Wildman–Crippen MR) is 145 cm³/mol. The Hall–Kier alpha value is -4.14. The van der Waals surface area contributed by atoms with Crippen molar-refractivity contribution in [2.45, 2.75) is 6.54 Å². The van der Waals surface area contributed by atoms with Gasteiger partial charge < -0.3 is 15.0 Å². The number of rotatable bonds is 4. The largest absolute Gasteiger partial charge is 0.378 e. The summed E-state index contributed by atoms with van der Waals surface area (Å²) >= 11 is 6.35. The molecule has 2 aliphatic heterocycles. The average molecular weight is 528 g/mol. The van der Waals surface area contributed by atoms with Crippen molar-refractivity contribution in [1.29, 1.82) is 0 Å². The number of carbonyl (C=O) groups excluding carboxylic acids is 1. The molecule has 9 heteroatoms. The lowest BCUT2D eigenvalue weighted by molar-refractivity contribution is 0.0303. The Morgan fingerprint density at radius 3 is 2.55 bits per heavy atom. The smallest absolute Gasteiger partial charge is 0.254 e. The average Bonchev–Trinajstić information content (AvgIpc) is 3.10. The highest BCUT2D eigenvalue weighted by molar-refractivity contribution is 6.31. The summed E-state index contributed by atoms with van der Waals surface area (Å²) in [6, 6.07) is 19.2. The molecule has 1 fully saturated rings. The van der Waals surface area contributed by atoms with Gasteiger partial charge in [0.1, 0.15) is 5.82 Å². The van der Waals surface area contributed by atoms with Crippen molar-refractivity contribution in [2.24, 2.45) is 4.99 Å². The molecule has 0 radical (unpaired) electrons. The van der Waals surface area contributed by atoms with Gasteiger partial charge >= 0.3 is 0 Å². The minimum Gasteiger partial charge on any atom is -0.378 e. The second-order valence-corrected chi connectivity index (χ2v) is 9.45. The van der Waals surface area contributed by atoms with Crippen LogP contribution in [0.15, 0.2) is 77.9 Å². The van der Waals surface area contributed by atoms with Crippen LogP contribution >= 0.6 is 11.6 Å². The van der Waals surface area contributed by atoms with Gasteiger partial charge in [-0.25, -0.2) is 14.4 Å². The van der Waals surface area contributed by atoms with Gasteiger partial charge in [0.2, 0.25) is 5.95 Å². The van der Waals surface area contributed by atoms with E-state index in [9.17, 15) is 9.18 Å². The number of fused-ring (bicyclic) bond motifs is 3. The highest BCUT2D eigenvalue weighted by Gasteiger charge is 2.23. The molecule has 0 unspecified atom stereocenters. The number of carbonyl (C=O) groups is 1. The number of hydrogen-bond acceptors (Lipinski definition) is 6. The summed E-state index contributed by atoms with van der Waals surface area (Å²) in [4.78, 5) is 28.5. The summed E-state index contributed by atoms with van der Waals surface area (Å²) in [5.41, 5.74) is 5.30. The first-order chi connectivity index (χ1) is 18.6. The molecule has 6 rings (SSSR count). The summed E-state index contributed by atoms with van der Waals surface area (Å²) in [7, 11) is 0. The van der Waals surface area contributed by atoms with Crippen LogP contribution in [0, 0.1) is 5.82 Å². The first-order valence-corrected chi connectivity index (χ1v) is 12.6. The molecule has 0 spiro atoms. The van der Waals surface area contributed by atoms with E-state index in [0.29, 0.717) is 71.9 Å². The first-order valence-electron chi connectivity index (χ1n) is 12.3. The Labute approximate surface area is 224 Å². The van der Waals surface area contributed by atoms with Crippen molar-refractivity contribution in [3.63, 3.8) is 0 Å². The lowest BCUT2D eigenvalue weighted by Gasteiger charge is -2.26. The molecule has 0 atom stereocenters. The van der Waals surface area contributed by atoms with Crippen molar-refractivity contribution in [2.75, 3.05) is 31.6 Å². The Morgan fingerprint density at radius 1 is 0.974 bits per heavy atom. The van der Waals surface area contributed by atoms with Gasteiger partial charge in [0.25, 0.3) is 5.91 Å². The van der Waals surface area contributed by atoms with E-state index in [-0.39, 0.29) is 11.7 Å². The fraction of sp³-hybridized carbons (Fsp3) is 0.172. The van der Waals surface area contributed by atoms with Crippen molar-refractivity contribution < 1.29 is 13.9 Å². The van der Waals surface area contributed by atoms with Crippen LogP contribution in [-0.4, -0.2) is 52.8 Å². The second kappa shape index (κ2) is 10.3. The maximum Gasteiger partial charge on any atom is 0.254 e. The van der Waals surface area contributed by atoms with Gasteiger partial charge in [-0.2, -0.15) is 0 Å². The molecule has 1 aromatic heterocycles. The number of aromatic nitrogens is 2. The third kappa shape index (κ3) is 4.76. The van der Waals surface area contributed by atoms with Crippen LogP contribution < -0.4 is 5.32 Å². The summed E-state index contributed by atoms with van der Waals surface area (Å²) in [6.07, 6.45) is 1.73. The van der Waals surface area contributed by atoms with E-state index in [4.69, 9.17) is 26.3 Å². The van der Waals surface area contributed by atoms with Crippen LogP contribution in [0.4, 0.5) is 16.0 Å². The number of halogens is 2. The molecular weight excluding hydrogens is 505 g/mol. The van der Waals surface area contributed by atoms with E-state index in [1.54, 1.807) is 53.6 Å². The highest BCUT2D eigenvalue weighted by atomic mass is 35.5. The lowest BCUT2D eigenvalue weighted by atomic mass is 9.95. The minimum atomic E-state index is -0.355. The fourth-order valence-electron chi connectivity index (χ4n) is 4.64. The third-order valence-electron chi connectivity index (χ3n) is 6.58. The van der Waals surface area contributed by atoms with E-state index < -0.39 is 0 Å². The van der Waals surface area contributed by atoms with Gasteiger partial charge in [0.15, 0.2) is 0 Å². The van der Waals surface area contributed by atoms with Gasteiger partial charge in [0, 0.05) is 57.8 Å². The van der Waals surface area contributed by atoms with Crippen LogP contribution in [0.1, 0.15) is 27.0 Å². The molecule has 3 heterocycles. The standard InChI is InChI=1S/C29H23ClFN5O2/c30-20-7-10-22-24(15-20)27(23-3-1-2-4-25(23)31)32-16-19-17-33-29(35-26(19)22)34-21-8-5-18(6-9-21)28(37)36-11-13-38-14-12-36/h1-10,15,17H,11-14,16H2,(H,33,34,35). The highest BCUT2D eigenvalue weighted by Crippen LogP contribution is 2.34. The molecule has 3 aromatic carbocycles. The van der Waals surface area contributed by atoms with Crippen LogP contribution in [0.5, 0.6) is 0 Å². The summed E-state index contributed by atoms with van der Waals surface area (Å²) < 4.78 is 20.1. The van der Waals surface area contributed by atoms with Crippen molar-refractivity contribution in [3.05, 3.63) is 106 Å². The number of anilines is 2. The number of nitrogens with one attached hydrogen (secondary N) is 1. The van der Waals surface area contributed by atoms with Gasteiger partial charge in [-0.15, -0.1) is 0 Å². The molecule has 1 amide bonds. The molecule has 0 aliphatic carbocycles. The van der Waals surface area contributed by atoms with Crippen LogP contribution in [0.2, 0.25) is 5.02 Å². The van der Waals surface area contributed by atoms with E-state index in [1.807, 2.05) is 18.2 Å². The number of nitrogens with zero attached hydrogens (tertiary/aromatic N) is 4. The van der Waals surface area contributed by atoms with E-state index in [2.05, 4.69) is 10.3 Å². The first kappa shape index (κ1) is 24.2. The van der Waals surface area contributed by atoms with Gasteiger partial charge in [0.05, 0.1) is 31.2 Å². The van der Waals surface area contributed by atoms with Crippen LogP contribution in [-0.2, 0) is 11.3 Å². The SMILES string of the molecule is O=C(c1ccc(Nc2ncc3c(n2)-c2ccc(Cl)cc2C(c2ccccc2F)=NC3)cc1)N1CCOCC1. The monoisotopic (exact) mass is 527 g/mol. The summed E-state index contributed by atoms with van der Waals surface area (Å²) in [6.45, 7) is 2.60. The Bertz CT molecular complexity index is 1550. The lowest BCUT2D eigenvalue weighted by Crippen LogP contribution is -2.40. The zero-order valence-corrected chi connectivity index (χ0v) is 21.1. The van der Waals surface area contributed by atoms with Gasteiger partial charge in [-0.1, -0.05) is 29.8 Å². The molecule has 7 nitrogen and oxygen atoms in total. The van der Waals surface area contributed by atoms with Crippen LogP contribution in [0.25, 0.3) is 11.3 Å². The van der Waals surface area contributed by atoms with Gasteiger partial charge in [-0.3, -0.25) is 9.79 Å². The van der Waals surface area contributed by atoms with Crippen molar-refractivity contribution in [1.82, 2.24) is 14.9 Å². The number of hydrogen-bond donors (Lipinski definition) is 1. The minimum absolute atomic E-state index is 0.0120. The quantitative estimate of drug-likeness (QED) is 0.379. The third-order valence-corrected chi connectivity index (χ3v) is 6.81. The van der Waals surface area contributed by atoms with Crippen molar-refractivity contribution >= 4 is 34.9 Å². The van der Waals surface area contributed by atoms with E-state index >= 15 is 0 Å².